The van der Waals surface area contributed by atoms with Gasteiger partial charge in [-0.15, -0.1) is 0 Å². The average Bonchev–Trinajstić information content (AvgIpc) is 2.43. The number of anilines is 1. The summed E-state index contributed by atoms with van der Waals surface area (Å²) >= 11 is 0. The monoisotopic (exact) mass is 334 g/mol. The summed E-state index contributed by atoms with van der Waals surface area (Å²) in [5, 5.41) is 15.9. The van der Waals surface area contributed by atoms with Crippen molar-refractivity contribution >= 4 is 27.6 Å². The van der Waals surface area contributed by atoms with Crippen LogP contribution in [0.4, 0.5) is 5.69 Å². The number of hydrogen-bond acceptors (Lipinski definition) is 5. The molecule has 0 spiro atoms. The van der Waals surface area contributed by atoms with Gasteiger partial charge in [0.25, 0.3) is 0 Å². The molecule has 22 heavy (non-hydrogen) atoms. The van der Waals surface area contributed by atoms with Crippen molar-refractivity contribution in [3.8, 4) is 0 Å². The number of nitrogens with zero attached hydrogens (tertiary/aromatic N) is 1. The van der Waals surface area contributed by atoms with Crippen molar-refractivity contribution in [2.45, 2.75) is 17.7 Å². The van der Waals surface area contributed by atoms with E-state index in [0.29, 0.717) is 0 Å². The molecule has 1 aromatic carbocycles. The molecule has 0 radical (unpaired) electrons. The van der Waals surface area contributed by atoms with E-state index in [4.69, 9.17) is 15.9 Å². The van der Waals surface area contributed by atoms with Crippen molar-refractivity contribution in [3.63, 3.8) is 0 Å². The predicted molar refractivity (Wildman–Crippen MR) is 79.0 cm³/mol. The fourth-order valence-electron chi connectivity index (χ4n) is 1.74. The number of carbonyl (C=O) groups is 2. The maximum absolute atomic E-state index is 12.4. The van der Waals surface area contributed by atoms with Crippen molar-refractivity contribution in [1.82, 2.24) is 0 Å². The molecule has 10 heteroatoms. The molecular formula is C12H18N2O7S. The third-order valence-corrected chi connectivity index (χ3v) is 5.14. The van der Waals surface area contributed by atoms with Crippen LogP contribution in [0, 0.1) is 0 Å². The molecule has 0 aromatic heterocycles. The predicted octanol–water partition coefficient (Wildman–Crippen LogP) is -1.12. The Morgan fingerprint density at radius 3 is 2.14 bits per heavy atom. The molecule has 0 aliphatic rings. The molecule has 0 heterocycles. The van der Waals surface area contributed by atoms with Gasteiger partial charge in [0.05, 0.1) is 12.1 Å². The maximum Gasteiger partial charge on any atom is 0.321 e. The highest BCUT2D eigenvalue weighted by Crippen LogP contribution is 2.21. The molecule has 0 fully saturated rings. The molecule has 0 bridgehead atoms. The second-order valence-corrected chi connectivity index (χ2v) is 6.53. The summed E-state index contributed by atoms with van der Waals surface area (Å²) in [5.41, 5.74) is 5.63. The molecule has 2 atom stereocenters. The normalized spacial score (nSPS) is 13.5. The molecule has 6 N–H and O–H groups in total. The largest absolute Gasteiger partial charge is 0.481 e. The van der Waals surface area contributed by atoms with Crippen LogP contribution in [0.15, 0.2) is 30.3 Å². The first kappa shape index (κ1) is 19.8. The highest BCUT2D eigenvalue weighted by Gasteiger charge is 2.40. The Morgan fingerprint density at radius 1 is 1.23 bits per heavy atom. The summed E-state index contributed by atoms with van der Waals surface area (Å²) in [4.78, 5) is 21.7. The lowest BCUT2D eigenvalue weighted by molar-refractivity contribution is -0.139. The number of benzene rings is 1. The van der Waals surface area contributed by atoms with Gasteiger partial charge in [-0.3, -0.25) is 13.9 Å². The SMILES string of the molecule is CN(c1ccccc1)S(=O)(=O)C(CC(=O)O)[C@H](N)C(=O)O.O. The number of para-hydroxylation sites is 1. The van der Waals surface area contributed by atoms with E-state index in [1.54, 1.807) is 18.2 Å². The topological polar surface area (TPSA) is 170 Å². The van der Waals surface area contributed by atoms with Gasteiger partial charge < -0.3 is 21.4 Å². The van der Waals surface area contributed by atoms with E-state index in [9.17, 15) is 18.0 Å². The zero-order valence-corrected chi connectivity index (χ0v) is 12.5. The van der Waals surface area contributed by atoms with Crippen LogP contribution in [0.25, 0.3) is 0 Å². The minimum atomic E-state index is -4.25. The summed E-state index contributed by atoms with van der Waals surface area (Å²) in [7, 11) is -3.03. The molecule has 0 saturated carbocycles. The molecule has 0 amide bonds. The van der Waals surface area contributed by atoms with E-state index >= 15 is 0 Å². The van der Waals surface area contributed by atoms with Crippen LogP contribution in [0.2, 0.25) is 0 Å². The molecule has 1 aromatic rings. The average molecular weight is 334 g/mol. The standard InChI is InChI=1S/C12H16N2O6S.H2O/c1-14(8-5-3-2-4-6-8)21(19,20)9(7-10(15)16)11(13)12(17)18;/h2-6,9,11H,7,13H2,1H3,(H,15,16)(H,17,18);1H2/t9?,11-;/m0./s1. The van der Waals surface area contributed by atoms with Gasteiger partial charge in [0.1, 0.15) is 11.3 Å². The second-order valence-electron chi connectivity index (χ2n) is 4.35. The van der Waals surface area contributed by atoms with Gasteiger partial charge in [0, 0.05) is 7.05 Å². The number of sulfonamides is 1. The molecule has 124 valence electrons. The van der Waals surface area contributed by atoms with E-state index in [-0.39, 0.29) is 11.2 Å². The minimum Gasteiger partial charge on any atom is -0.481 e. The van der Waals surface area contributed by atoms with Crippen molar-refractivity contribution in [2.75, 3.05) is 11.4 Å². The lowest BCUT2D eigenvalue weighted by Gasteiger charge is -2.27. The van der Waals surface area contributed by atoms with Crippen LogP contribution in [0.1, 0.15) is 6.42 Å². The summed E-state index contributed by atoms with van der Waals surface area (Å²) < 4.78 is 25.7. The van der Waals surface area contributed by atoms with Crippen molar-refractivity contribution in [1.29, 1.82) is 0 Å². The van der Waals surface area contributed by atoms with Crippen molar-refractivity contribution in [2.24, 2.45) is 5.73 Å². The van der Waals surface area contributed by atoms with Crippen LogP contribution < -0.4 is 10.0 Å². The minimum absolute atomic E-state index is 0. The van der Waals surface area contributed by atoms with Crippen LogP contribution in [0.5, 0.6) is 0 Å². The molecule has 1 rings (SSSR count). The number of nitrogens with two attached hydrogens (primary N) is 1. The third kappa shape index (κ3) is 4.41. The fourth-order valence-corrected chi connectivity index (χ4v) is 3.40. The molecule has 9 nitrogen and oxygen atoms in total. The first-order chi connectivity index (χ1) is 9.67. The molecule has 1 unspecified atom stereocenters. The van der Waals surface area contributed by atoms with E-state index in [1.165, 1.54) is 19.2 Å². The van der Waals surface area contributed by atoms with Gasteiger partial charge in [0.2, 0.25) is 10.0 Å². The first-order valence-corrected chi connectivity index (χ1v) is 7.41. The van der Waals surface area contributed by atoms with Gasteiger partial charge in [-0.2, -0.15) is 0 Å². The number of rotatable bonds is 7. The van der Waals surface area contributed by atoms with Crippen LogP contribution in [-0.4, -0.2) is 54.4 Å². The number of carboxylic acid groups (broad SMARTS) is 2. The lowest BCUT2D eigenvalue weighted by Crippen LogP contribution is -2.51. The van der Waals surface area contributed by atoms with E-state index in [2.05, 4.69) is 0 Å². The molecule has 0 aliphatic carbocycles. The Bertz CT molecular complexity index is 618. The number of carboxylic acids is 2. The highest BCUT2D eigenvalue weighted by molar-refractivity contribution is 7.93. The summed E-state index contributed by atoms with van der Waals surface area (Å²) in [5.74, 6) is -3.02. The molecule has 0 saturated heterocycles. The van der Waals surface area contributed by atoms with Crippen molar-refractivity contribution in [3.05, 3.63) is 30.3 Å². The summed E-state index contributed by atoms with van der Waals surface area (Å²) in [6.07, 6.45) is -0.896. The van der Waals surface area contributed by atoms with E-state index in [1.807, 2.05) is 0 Å². The quantitative estimate of drug-likeness (QED) is 0.567. The molecular weight excluding hydrogens is 316 g/mol. The lowest BCUT2D eigenvalue weighted by atomic mass is 10.1. The zero-order chi connectivity index (χ0) is 16.2. The smallest absolute Gasteiger partial charge is 0.321 e. The van der Waals surface area contributed by atoms with Gasteiger partial charge in [-0.1, -0.05) is 18.2 Å². The molecule has 0 aliphatic heterocycles. The fraction of sp³-hybridized carbons (Fsp3) is 0.333. The van der Waals surface area contributed by atoms with Gasteiger partial charge in [0.15, 0.2) is 0 Å². The number of aliphatic carboxylic acids is 2. The Labute approximate surface area is 127 Å². The van der Waals surface area contributed by atoms with Crippen molar-refractivity contribution < 1.29 is 33.7 Å². The summed E-state index contributed by atoms with van der Waals surface area (Å²) in [6, 6.07) is 6.05. The Morgan fingerprint density at radius 2 is 1.73 bits per heavy atom. The Hall–Kier alpha value is -2.17. The van der Waals surface area contributed by atoms with E-state index in [0.717, 1.165) is 4.31 Å². The van der Waals surface area contributed by atoms with Gasteiger partial charge >= 0.3 is 11.9 Å². The van der Waals surface area contributed by atoms with Crippen LogP contribution in [-0.2, 0) is 19.6 Å². The Kier molecular flexibility index (Phi) is 6.97. The number of hydrogen-bond donors (Lipinski definition) is 3. The summed E-state index contributed by atoms with van der Waals surface area (Å²) in [6.45, 7) is 0. The van der Waals surface area contributed by atoms with E-state index < -0.39 is 39.7 Å². The zero-order valence-electron chi connectivity index (χ0n) is 11.7. The van der Waals surface area contributed by atoms with Crippen LogP contribution >= 0.6 is 0 Å². The van der Waals surface area contributed by atoms with Gasteiger partial charge in [-0.05, 0) is 12.1 Å². The van der Waals surface area contributed by atoms with Gasteiger partial charge in [-0.25, -0.2) is 8.42 Å². The maximum atomic E-state index is 12.4. The Balaban J connectivity index is 0.00000441. The second kappa shape index (κ2) is 7.73. The highest BCUT2D eigenvalue weighted by atomic mass is 32.2. The first-order valence-electron chi connectivity index (χ1n) is 5.91. The van der Waals surface area contributed by atoms with Crippen LogP contribution in [0.3, 0.4) is 0 Å². The third-order valence-electron chi connectivity index (χ3n) is 2.95.